The highest BCUT2D eigenvalue weighted by Crippen LogP contribution is 2.42. The molecule has 0 aliphatic heterocycles. The first kappa shape index (κ1) is 14.6. The summed E-state index contributed by atoms with van der Waals surface area (Å²) in [5.74, 6) is 0.483. The van der Waals surface area contributed by atoms with Crippen LogP contribution in [-0.2, 0) is 17.8 Å². The molecule has 1 fully saturated rings. The molecular formula is C19H20O3. The summed E-state index contributed by atoms with van der Waals surface area (Å²) in [6.45, 7) is 0.572. The Balaban J connectivity index is 1.45. The van der Waals surface area contributed by atoms with Gasteiger partial charge in [0.2, 0.25) is 0 Å². The molecule has 0 saturated heterocycles. The second-order valence-corrected chi connectivity index (χ2v) is 5.90. The molecular weight excluding hydrogens is 276 g/mol. The summed E-state index contributed by atoms with van der Waals surface area (Å²) in [4.78, 5) is 10.8. The van der Waals surface area contributed by atoms with Crippen molar-refractivity contribution in [1.29, 1.82) is 0 Å². The van der Waals surface area contributed by atoms with E-state index in [0.717, 1.165) is 30.6 Å². The second kappa shape index (κ2) is 6.65. The van der Waals surface area contributed by atoms with Gasteiger partial charge in [0.05, 0.1) is 5.92 Å². The average molecular weight is 296 g/mol. The second-order valence-electron chi connectivity index (χ2n) is 5.90. The third-order valence-corrected chi connectivity index (χ3v) is 4.22. The molecule has 0 radical (unpaired) electrons. The quantitative estimate of drug-likeness (QED) is 0.842. The number of ether oxygens (including phenoxy) is 1. The van der Waals surface area contributed by atoms with E-state index >= 15 is 0 Å². The molecule has 0 spiro atoms. The Bertz CT molecular complexity index is 619. The molecule has 2 unspecified atom stereocenters. The van der Waals surface area contributed by atoms with Gasteiger partial charge in [-0.25, -0.2) is 0 Å². The fourth-order valence-corrected chi connectivity index (χ4v) is 2.71. The first-order chi connectivity index (χ1) is 10.7. The predicted octanol–water partition coefficient (Wildman–Crippen LogP) is 3.92. The molecule has 0 heterocycles. The van der Waals surface area contributed by atoms with E-state index in [2.05, 4.69) is 12.1 Å². The molecule has 3 rings (SSSR count). The Labute approximate surface area is 130 Å². The Hall–Kier alpha value is -2.29. The highest BCUT2D eigenvalue weighted by molar-refractivity contribution is 5.73. The van der Waals surface area contributed by atoms with Crippen LogP contribution in [0.5, 0.6) is 5.75 Å². The van der Waals surface area contributed by atoms with Crippen molar-refractivity contribution in [2.24, 2.45) is 11.8 Å². The summed E-state index contributed by atoms with van der Waals surface area (Å²) in [5, 5.41) is 8.89. The van der Waals surface area contributed by atoms with E-state index in [-0.39, 0.29) is 5.92 Å². The lowest BCUT2D eigenvalue weighted by Crippen LogP contribution is -2.00. The highest BCUT2D eigenvalue weighted by atomic mass is 16.5. The van der Waals surface area contributed by atoms with Gasteiger partial charge in [-0.15, -0.1) is 0 Å². The number of rotatable bonds is 7. The fraction of sp³-hybridized carbons (Fsp3) is 0.316. The van der Waals surface area contributed by atoms with E-state index in [1.807, 2.05) is 42.5 Å². The molecule has 1 saturated carbocycles. The maximum absolute atomic E-state index is 10.8. The van der Waals surface area contributed by atoms with Crippen molar-refractivity contribution < 1.29 is 14.6 Å². The van der Waals surface area contributed by atoms with Gasteiger partial charge in [0.25, 0.3) is 0 Å². The number of hydrogen-bond acceptors (Lipinski definition) is 2. The van der Waals surface area contributed by atoms with Gasteiger partial charge < -0.3 is 9.84 Å². The van der Waals surface area contributed by atoms with Crippen molar-refractivity contribution >= 4 is 5.97 Å². The van der Waals surface area contributed by atoms with Gasteiger partial charge in [0.1, 0.15) is 12.4 Å². The monoisotopic (exact) mass is 296 g/mol. The van der Waals surface area contributed by atoms with Crippen LogP contribution in [0.15, 0.2) is 54.6 Å². The summed E-state index contributed by atoms with van der Waals surface area (Å²) in [5.41, 5.74) is 2.39. The SMILES string of the molecule is O=C(O)C1CC1CCc1ccc(OCc2ccccc2)cc1. The van der Waals surface area contributed by atoms with Crippen molar-refractivity contribution in [3.05, 3.63) is 65.7 Å². The van der Waals surface area contributed by atoms with E-state index in [9.17, 15) is 4.79 Å². The van der Waals surface area contributed by atoms with Crippen LogP contribution in [0, 0.1) is 11.8 Å². The molecule has 2 aromatic rings. The first-order valence-corrected chi connectivity index (χ1v) is 7.71. The third kappa shape index (κ3) is 3.88. The van der Waals surface area contributed by atoms with Gasteiger partial charge in [-0.2, -0.15) is 0 Å². The van der Waals surface area contributed by atoms with Crippen LogP contribution in [0.25, 0.3) is 0 Å². The van der Waals surface area contributed by atoms with Crippen LogP contribution in [-0.4, -0.2) is 11.1 Å². The van der Waals surface area contributed by atoms with Crippen LogP contribution < -0.4 is 4.74 Å². The standard InChI is InChI=1S/C19H20O3/c20-19(21)18-12-16(18)9-6-14-7-10-17(11-8-14)22-13-15-4-2-1-3-5-15/h1-5,7-8,10-11,16,18H,6,9,12-13H2,(H,20,21). The number of aliphatic carboxylic acids is 1. The Morgan fingerprint density at radius 2 is 1.77 bits per heavy atom. The smallest absolute Gasteiger partial charge is 0.306 e. The lowest BCUT2D eigenvalue weighted by atomic mass is 10.1. The molecule has 2 aromatic carbocycles. The number of benzene rings is 2. The maximum atomic E-state index is 10.8. The largest absolute Gasteiger partial charge is 0.489 e. The minimum atomic E-state index is -0.644. The average Bonchev–Trinajstić information content (AvgIpc) is 3.33. The molecule has 0 bridgehead atoms. The highest BCUT2D eigenvalue weighted by Gasteiger charge is 2.42. The third-order valence-electron chi connectivity index (χ3n) is 4.22. The van der Waals surface area contributed by atoms with Gasteiger partial charge in [0, 0.05) is 0 Å². The van der Waals surface area contributed by atoms with Gasteiger partial charge in [-0.3, -0.25) is 4.79 Å². The summed E-state index contributed by atoms with van der Waals surface area (Å²) < 4.78 is 5.76. The molecule has 1 aliphatic carbocycles. The van der Waals surface area contributed by atoms with Gasteiger partial charge in [-0.05, 0) is 48.4 Å². The van der Waals surface area contributed by atoms with Gasteiger partial charge >= 0.3 is 5.97 Å². The fourth-order valence-electron chi connectivity index (χ4n) is 2.71. The number of carboxylic acid groups (broad SMARTS) is 1. The van der Waals surface area contributed by atoms with Crippen LogP contribution in [0.4, 0.5) is 0 Å². The van der Waals surface area contributed by atoms with E-state index in [0.29, 0.717) is 12.5 Å². The van der Waals surface area contributed by atoms with Crippen molar-refractivity contribution in [1.82, 2.24) is 0 Å². The zero-order valence-electron chi connectivity index (χ0n) is 12.4. The number of carbonyl (C=O) groups is 1. The summed E-state index contributed by atoms with van der Waals surface area (Å²) in [6, 6.07) is 18.2. The van der Waals surface area contributed by atoms with Crippen LogP contribution in [0.2, 0.25) is 0 Å². The van der Waals surface area contributed by atoms with E-state index in [1.165, 1.54) is 5.56 Å². The van der Waals surface area contributed by atoms with Crippen molar-refractivity contribution in [3.8, 4) is 5.75 Å². The molecule has 1 N–H and O–H groups in total. The van der Waals surface area contributed by atoms with E-state index in [1.54, 1.807) is 0 Å². The first-order valence-electron chi connectivity index (χ1n) is 7.71. The molecule has 3 nitrogen and oxygen atoms in total. The zero-order valence-corrected chi connectivity index (χ0v) is 12.4. The van der Waals surface area contributed by atoms with Crippen molar-refractivity contribution in [2.45, 2.75) is 25.9 Å². The Kier molecular flexibility index (Phi) is 4.42. The number of carboxylic acids is 1. The van der Waals surface area contributed by atoms with Crippen molar-refractivity contribution in [3.63, 3.8) is 0 Å². The normalized spacial score (nSPS) is 19.6. The lowest BCUT2D eigenvalue weighted by Gasteiger charge is -2.07. The summed E-state index contributed by atoms with van der Waals surface area (Å²) in [6.07, 6.45) is 2.74. The lowest BCUT2D eigenvalue weighted by molar-refractivity contribution is -0.138. The minimum Gasteiger partial charge on any atom is -0.489 e. The maximum Gasteiger partial charge on any atom is 0.306 e. The van der Waals surface area contributed by atoms with E-state index in [4.69, 9.17) is 9.84 Å². The Morgan fingerprint density at radius 3 is 2.41 bits per heavy atom. The van der Waals surface area contributed by atoms with Crippen molar-refractivity contribution in [2.75, 3.05) is 0 Å². The van der Waals surface area contributed by atoms with E-state index < -0.39 is 5.97 Å². The van der Waals surface area contributed by atoms with Crippen LogP contribution in [0.1, 0.15) is 24.0 Å². The Morgan fingerprint density at radius 1 is 1.05 bits per heavy atom. The molecule has 3 heteroatoms. The zero-order chi connectivity index (χ0) is 15.4. The molecule has 22 heavy (non-hydrogen) atoms. The van der Waals surface area contributed by atoms with Crippen LogP contribution >= 0.6 is 0 Å². The predicted molar refractivity (Wildman–Crippen MR) is 84.8 cm³/mol. The molecule has 0 aromatic heterocycles. The molecule has 1 aliphatic rings. The number of hydrogen-bond donors (Lipinski definition) is 1. The molecule has 114 valence electrons. The molecule has 2 atom stereocenters. The summed E-state index contributed by atoms with van der Waals surface area (Å²) >= 11 is 0. The minimum absolute atomic E-state index is 0.103. The van der Waals surface area contributed by atoms with Crippen LogP contribution in [0.3, 0.4) is 0 Å². The topological polar surface area (TPSA) is 46.5 Å². The molecule has 0 amide bonds. The number of aryl methyl sites for hydroxylation is 1. The van der Waals surface area contributed by atoms with Gasteiger partial charge in [-0.1, -0.05) is 42.5 Å². The van der Waals surface area contributed by atoms with Gasteiger partial charge in [0.15, 0.2) is 0 Å². The summed E-state index contributed by atoms with van der Waals surface area (Å²) in [7, 11) is 0.